The number of sulfonamides is 1. The lowest BCUT2D eigenvalue weighted by Crippen LogP contribution is -2.42. The summed E-state index contributed by atoms with van der Waals surface area (Å²) in [5, 5.41) is 2.96. The minimum Gasteiger partial charge on any atom is -0.497 e. The summed E-state index contributed by atoms with van der Waals surface area (Å²) in [6.45, 7) is 7.25. The third kappa shape index (κ3) is 5.86. The Kier molecular flexibility index (Phi) is 7.69. The molecule has 1 aliphatic rings. The van der Waals surface area contributed by atoms with Gasteiger partial charge in [0.2, 0.25) is 15.9 Å². The zero-order valence-electron chi connectivity index (χ0n) is 20.1. The van der Waals surface area contributed by atoms with E-state index < -0.39 is 10.0 Å². The molecular formula is C25H34N2O5S. The highest BCUT2D eigenvalue weighted by molar-refractivity contribution is 7.89. The molecule has 1 saturated heterocycles. The quantitative estimate of drug-likeness (QED) is 0.661. The van der Waals surface area contributed by atoms with Crippen molar-refractivity contribution in [1.82, 2.24) is 9.62 Å². The highest BCUT2D eigenvalue weighted by Gasteiger charge is 2.32. The van der Waals surface area contributed by atoms with E-state index in [-0.39, 0.29) is 17.2 Å². The van der Waals surface area contributed by atoms with Crippen LogP contribution in [0.4, 0.5) is 0 Å². The van der Waals surface area contributed by atoms with Crippen LogP contribution in [0.15, 0.2) is 47.4 Å². The number of piperidine rings is 1. The molecule has 0 bridgehead atoms. The topological polar surface area (TPSA) is 84.9 Å². The Bertz CT molecular complexity index is 1070. The van der Waals surface area contributed by atoms with Gasteiger partial charge in [0.1, 0.15) is 11.5 Å². The number of rotatable bonds is 7. The number of hydrogen-bond acceptors (Lipinski definition) is 5. The van der Waals surface area contributed by atoms with E-state index in [9.17, 15) is 13.2 Å². The first-order valence-corrected chi connectivity index (χ1v) is 12.6. The Labute approximate surface area is 197 Å². The molecule has 0 unspecified atom stereocenters. The van der Waals surface area contributed by atoms with Crippen molar-refractivity contribution in [1.29, 1.82) is 0 Å². The molecule has 1 aliphatic heterocycles. The molecule has 180 valence electrons. The summed E-state index contributed by atoms with van der Waals surface area (Å²) in [6.07, 6.45) is 0.973. The average molecular weight is 475 g/mol. The number of amides is 1. The van der Waals surface area contributed by atoms with Crippen LogP contribution < -0.4 is 14.8 Å². The molecule has 7 nitrogen and oxygen atoms in total. The van der Waals surface area contributed by atoms with Crippen molar-refractivity contribution in [2.45, 2.75) is 50.5 Å². The van der Waals surface area contributed by atoms with Gasteiger partial charge in [-0.2, -0.15) is 4.31 Å². The van der Waals surface area contributed by atoms with E-state index in [1.807, 2.05) is 18.2 Å². The summed E-state index contributed by atoms with van der Waals surface area (Å²) >= 11 is 0. The zero-order chi connectivity index (χ0) is 24.2. The fraction of sp³-hybridized carbons (Fsp3) is 0.480. The molecule has 33 heavy (non-hydrogen) atoms. The van der Waals surface area contributed by atoms with E-state index in [4.69, 9.17) is 9.47 Å². The molecule has 0 spiro atoms. The molecule has 0 atom stereocenters. The van der Waals surface area contributed by atoms with Gasteiger partial charge >= 0.3 is 0 Å². The fourth-order valence-electron chi connectivity index (χ4n) is 3.98. The smallest absolute Gasteiger partial charge is 0.243 e. The first kappa shape index (κ1) is 25.1. The van der Waals surface area contributed by atoms with Gasteiger partial charge < -0.3 is 14.8 Å². The lowest BCUT2D eigenvalue weighted by Gasteiger charge is -2.30. The minimum absolute atomic E-state index is 0.0388. The molecule has 1 heterocycles. The lowest BCUT2D eigenvalue weighted by molar-refractivity contribution is -0.126. The van der Waals surface area contributed by atoms with Crippen LogP contribution in [0.5, 0.6) is 11.5 Å². The Morgan fingerprint density at radius 3 is 2.21 bits per heavy atom. The average Bonchev–Trinajstić information content (AvgIpc) is 2.81. The normalized spacial score (nSPS) is 15.8. The highest BCUT2D eigenvalue weighted by Crippen LogP contribution is 2.28. The number of carbonyl (C=O) groups excluding carboxylic acids is 1. The fourth-order valence-corrected chi connectivity index (χ4v) is 5.45. The number of carbonyl (C=O) groups is 1. The van der Waals surface area contributed by atoms with Crippen molar-refractivity contribution in [3.05, 3.63) is 53.6 Å². The predicted molar refractivity (Wildman–Crippen MR) is 128 cm³/mol. The van der Waals surface area contributed by atoms with Crippen LogP contribution in [0.25, 0.3) is 0 Å². The number of nitrogens with one attached hydrogen (secondary N) is 1. The molecular weight excluding hydrogens is 440 g/mol. The Morgan fingerprint density at radius 1 is 1.03 bits per heavy atom. The van der Waals surface area contributed by atoms with Crippen LogP contribution in [-0.4, -0.2) is 45.9 Å². The molecule has 1 N–H and O–H groups in total. The molecule has 3 rings (SSSR count). The van der Waals surface area contributed by atoms with Crippen molar-refractivity contribution in [3.8, 4) is 11.5 Å². The summed E-state index contributed by atoms with van der Waals surface area (Å²) in [4.78, 5) is 13.0. The molecule has 1 amide bonds. The summed E-state index contributed by atoms with van der Waals surface area (Å²) in [7, 11) is -0.403. The SMILES string of the molecule is COc1ccc(OC)c(CNC(=O)C2CCN(S(=O)(=O)c3ccc(C(C)(C)C)cc3)CC2)c1. The van der Waals surface area contributed by atoms with Crippen LogP contribution in [0.1, 0.15) is 44.7 Å². The van der Waals surface area contributed by atoms with Gasteiger partial charge in [0, 0.05) is 31.1 Å². The number of hydrogen-bond donors (Lipinski definition) is 1. The number of nitrogens with zero attached hydrogens (tertiary/aromatic N) is 1. The maximum atomic E-state index is 13.1. The van der Waals surface area contributed by atoms with Crippen LogP contribution in [-0.2, 0) is 26.8 Å². The standard InChI is InChI=1S/C25H34N2O5S/c1-25(2,3)20-6-9-22(10-7-20)33(29,30)27-14-12-18(13-15-27)24(28)26-17-19-16-21(31-4)8-11-23(19)32-5/h6-11,16,18H,12-15,17H2,1-5H3,(H,26,28). The van der Waals surface area contributed by atoms with Crippen LogP contribution in [0.3, 0.4) is 0 Å². The van der Waals surface area contributed by atoms with Gasteiger partial charge in [-0.15, -0.1) is 0 Å². The second kappa shape index (κ2) is 10.1. The van der Waals surface area contributed by atoms with Gasteiger partial charge in [-0.1, -0.05) is 32.9 Å². The van der Waals surface area contributed by atoms with E-state index >= 15 is 0 Å². The maximum absolute atomic E-state index is 13.1. The van der Waals surface area contributed by atoms with E-state index in [1.54, 1.807) is 38.5 Å². The van der Waals surface area contributed by atoms with Crippen LogP contribution in [0, 0.1) is 5.92 Å². The summed E-state index contributed by atoms with van der Waals surface area (Å²) < 4.78 is 38.2. The number of ether oxygens (including phenoxy) is 2. The van der Waals surface area contributed by atoms with Gasteiger partial charge in [-0.25, -0.2) is 8.42 Å². The summed E-state index contributed by atoms with van der Waals surface area (Å²) in [5.41, 5.74) is 1.87. The van der Waals surface area contributed by atoms with E-state index in [0.717, 1.165) is 11.1 Å². The van der Waals surface area contributed by atoms with Crippen molar-refractivity contribution in [2.24, 2.45) is 5.92 Å². The van der Waals surface area contributed by atoms with Crippen LogP contribution in [0.2, 0.25) is 0 Å². The Hall–Kier alpha value is -2.58. The first-order chi connectivity index (χ1) is 15.6. The van der Waals surface area contributed by atoms with Gasteiger partial charge in [-0.3, -0.25) is 4.79 Å². The first-order valence-electron chi connectivity index (χ1n) is 11.2. The van der Waals surface area contributed by atoms with Crippen molar-refractivity contribution in [3.63, 3.8) is 0 Å². The van der Waals surface area contributed by atoms with Gasteiger partial charge in [0.05, 0.1) is 19.1 Å². The van der Waals surface area contributed by atoms with E-state index in [0.29, 0.717) is 48.9 Å². The second-order valence-corrected chi connectivity index (χ2v) is 11.3. The van der Waals surface area contributed by atoms with Gasteiger partial charge in [0.15, 0.2) is 0 Å². The lowest BCUT2D eigenvalue weighted by atomic mass is 9.87. The summed E-state index contributed by atoms with van der Waals surface area (Å²) in [5.74, 6) is 1.06. The monoisotopic (exact) mass is 474 g/mol. The number of methoxy groups -OCH3 is 2. The molecule has 2 aromatic rings. The third-order valence-electron chi connectivity index (χ3n) is 6.12. The zero-order valence-corrected chi connectivity index (χ0v) is 20.9. The van der Waals surface area contributed by atoms with Crippen molar-refractivity contribution < 1.29 is 22.7 Å². The van der Waals surface area contributed by atoms with E-state index in [2.05, 4.69) is 26.1 Å². The molecule has 8 heteroatoms. The molecule has 2 aromatic carbocycles. The summed E-state index contributed by atoms with van der Waals surface area (Å²) in [6, 6.07) is 12.5. The molecule has 0 aliphatic carbocycles. The maximum Gasteiger partial charge on any atom is 0.243 e. The minimum atomic E-state index is -3.57. The van der Waals surface area contributed by atoms with E-state index in [1.165, 1.54) is 4.31 Å². The van der Waals surface area contributed by atoms with Crippen molar-refractivity contribution in [2.75, 3.05) is 27.3 Å². The van der Waals surface area contributed by atoms with Crippen molar-refractivity contribution >= 4 is 15.9 Å². The Morgan fingerprint density at radius 2 is 1.67 bits per heavy atom. The molecule has 0 radical (unpaired) electrons. The van der Waals surface area contributed by atoms with Gasteiger partial charge in [0.25, 0.3) is 0 Å². The molecule has 0 aromatic heterocycles. The molecule has 1 fully saturated rings. The van der Waals surface area contributed by atoms with Crippen LogP contribution >= 0.6 is 0 Å². The predicted octanol–water partition coefficient (Wildman–Crippen LogP) is 3.72. The highest BCUT2D eigenvalue weighted by atomic mass is 32.2. The number of benzene rings is 2. The molecule has 0 saturated carbocycles. The Balaban J connectivity index is 1.58. The second-order valence-electron chi connectivity index (χ2n) is 9.35. The third-order valence-corrected chi connectivity index (χ3v) is 8.04. The largest absolute Gasteiger partial charge is 0.497 e. The van der Waals surface area contributed by atoms with Gasteiger partial charge in [-0.05, 0) is 54.2 Å².